The third-order valence-corrected chi connectivity index (χ3v) is 9.76. The van der Waals surface area contributed by atoms with E-state index in [2.05, 4.69) is 70.5 Å². The van der Waals surface area contributed by atoms with Crippen molar-refractivity contribution >= 4 is 11.7 Å². The van der Waals surface area contributed by atoms with Gasteiger partial charge in [0.05, 0.1) is 6.54 Å². The fourth-order valence-electron chi connectivity index (χ4n) is 7.57. The Balaban J connectivity index is 1.18. The fraction of sp³-hybridized carbons (Fsp3) is 0.441. The van der Waals surface area contributed by atoms with Gasteiger partial charge in [-0.2, -0.15) is 0 Å². The molecule has 5 heteroatoms. The Kier molecular flexibility index (Phi) is 7.35. The van der Waals surface area contributed by atoms with E-state index in [4.69, 9.17) is 0 Å². The molecule has 2 atom stereocenters. The van der Waals surface area contributed by atoms with Crippen LogP contribution in [0.3, 0.4) is 0 Å². The SMILES string of the molecule is O=C(O)CN1CCCC2(CC1)CCN(c1ccc([C@@H]3c4ccc(O)cc4CC[C@@H]3c3ccccc3)cc1)CC2. The predicted octanol–water partition coefficient (Wildman–Crippen LogP) is 6.41. The number of fused-ring (bicyclic) bond motifs is 1. The molecule has 0 radical (unpaired) electrons. The fourth-order valence-corrected chi connectivity index (χ4v) is 7.57. The van der Waals surface area contributed by atoms with Gasteiger partial charge < -0.3 is 15.1 Å². The maximum Gasteiger partial charge on any atom is 0.317 e. The van der Waals surface area contributed by atoms with Crippen molar-refractivity contribution in [2.75, 3.05) is 37.6 Å². The van der Waals surface area contributed by atoms with Crippen molar-refractivity contribution in [2.24, 2.45) is 5.41 Å². The first-order chi connectivity index (χ1) is 19.0. The minimum Gasteiger partial charge on any atom is -0.508 e. The summed E-state index contributed by atoms with van der Waals surface area (Å²) in [5, 5.41) is 19.3. The van der Waals surface area contributed by atoms with E-state index in [-0.39, 0.29) is 12.5 Å². The van der Waals surface area contributed by atoms with Gasteiger partial charge in [-0.05, 0) is 116 Å². The molecule has 0 amide bonds. The van der Waals surface area contributed by atoms with Gasteiger partial charge in [0.25, 0.3) is 0 Å². The molecule has 2 saturated heterocycles. The maximum absolute atomic E-state index is 11.2. The van der Waals surface area contributed by atoms with Gasteiger partial charge in [0, 0.05) is 24.7 Å². The number of rotatable bonds is 5. The Bertz CT molecular complexity index is 1280. The van der Waals surface area contributed by atoms with Crippen molar-refractivity contribution in [1.82, 2.24) is 4.90 Å². The van der Waals surface area contributed by atoms with Crippen molar-refractivity contribution in [3.8, 4) is 5.75 Å². The lowest BCUT2D eigenvalue weighted by Gasteiger charge is -2.42. The number of aryl methyl sites for hydroxylation is 1. The van der Waals surface area contributed by atoms with E-state index < -0.39 is 5.97 Å². The molecule has 3 aliphatic rings. The van der Waals surface area contributed by atoms with Crippen LogP contribution in [0.5, 0.6) is 5.75 Å². The Hall–Kier alpha value is -3.31. The summed E-state index contributed by atoms with van der Waals surface area (Å²) in [6, 6.07) is 26.1. The van der Waals surface area contributed by atoms with Gasteiger partial charge >= 0.3 is 5.97 Å². The van der Waals surface area contributed by atoms with Crippen LogP contribution in [-0.2, 0) is 11.2 Å². The summed E-state index contributed by atoms with van der Waals surface area (Å²) in [5.74, 6) is 0.330. The molecule has 6 rings (SSSR count). The highest BCUT2D eigenvalue weighted by atomic mass is 16.4. The smallest absolute Gasteiger partial charge is 0.317 e. The molecule has 3 aromatic carbocycles. The third kappa shape index (κ3) is 5.56. The molecular formula is C34H40N2O3. The zero-order chi connectivity index (χ0) is 26.8. The number of aliphatic carboxylic acids is 1. The molecule has 2 aliphatic heterocycles. The lowest BCUT2D eigenvalue weighted by molar-refractivity contribution is -0.138. The number of carbonyl (C=O) groups is 1. The number of likely N-dealkylation sites (tertiary alicyclic amines) is 1. The summed E-state index contributed by atoms with van der Waals surface area (Å²) < 4.78 is 0. The van der Waals surface area contributed by atoms with Crippen LogP contribution in [0.1, 0.15) is 72.6 Å². The zero-order valence-electron chi connectivity index (χ0n) is 22.8. The summed E-state index contributed by atoms with van der Waals surface area (Å²) in [4.78, 5) is 15.8. The van der Waals surface area contributed by atoms with Crippen LogP contribution < -0.4 is 4.90 Å². The molecule has 5 nitrogen and oxygen atoms in total. The van der Waals surface area contributed by atoms with E-state index in [9.17, 15) is 15.0 Å². The van der Waals surface area contributed by atoms with Crippen molar-refractivity contribution in [3.05, 3.63) is 95.1 Å². The number of hydrogen-bond acceptors (Lipinski definition) is 4. The molecule has 0 saturated carbocycles. The summed E-state index contributed by atoms with van der Waals surface area (Å²) in [5.41, 5.74) is 7.00. The van der Waals surface area contributed by atoms with Crippen LogP contribution in [0, 0.1) is 5.41 Å². The monoisotopic (exact) mass is 524 g/mol. The number of aromatic hydroxyl groups is 1. The minimum absolute atomic E-state index is 0.173. The Morgan fingerprint density at radius 1 is 0.846 bits per heavy atom. The first-order valence-corrected chi connectivity index (χ1v) is 14.7. The molecule has 2 fully saturated rings. The predicted molar refractivity (Wildman–Crippen MR) is 156 cm³/mol. The number of benzene rings is 3. The van der Waals surface area contributed by atoms with E-state index >= 15 is 0 Å². The number of phenolic OH excluding ortho intramolecular Hbond substituents is 1. The van der Waals surface area contributed by atoms with Crippen LogP contribution in [0.2, 0.25) is 0 Å². The van der Waals surface area contributed by atoms with Gasteiger partial charge in [-0.3, -0.25) is 9.69 Å². The van der Waals surface area contributed by atoms with Crippen LogP contribution in [-0.4, -0.2) is 53.8 Å². The number of nitrogens with zero attached hydrogens (tertiary/aromatic N) is 2. The van der Waals surface area contributed by atoms with Crippen molar-refractivity contribution in [1.29, 1.82) is 0 Å². The summed E-state index contributed by atoms with van der Waals surface area (Å²) in [7, 11) is 0. The average molecular weight is 525 g/mol. The standard InChI is InChI=1S/C34H40N2O3/c37-29-12-14-31-27(23-29)9-13-30(25-5-2-1-3-6-25)33(31)26-7-10-28(11-8-26)36-21-17-34(18-22-36)15-4-19-35(20-16-34)24-32(38)39/h1-3,5-8,10-12,14,23,30,33,37H,4,9,13,15-22,24H2,(H,38,39)/t30-,33+/m1/s1. The average Bonchev–Trinajstić information content (AvgIpc) is 3.15. The number of phenols is 1. The van der Waals surface area contributed by atoms with E-state index in [1.54, 1.807) is 0 Å². The van der Waals surface area contributed by atoms with Gasteiger partial charge in [0.2, 0.25) is 0 Å². The normalized spacial score (nSPS) is 23.2. The van der Waals surface area contributed by atoms with Crippen LogP contribution in [0.15, 0.2) is 72.8 Å². The molecule has 2 N–H and O–H groups in total. The second-order valence-electron chi connectivity index (χ2n) is 12.0. The molecular weight excluding hydrogens is 484 g/mol. The highest BCUT2D eigenvalue weighted by molar-refractivity contribution is 5.69. The second kappa shape index (κ2) is 11.1. The molecule has 2 heterocycles. The van der Waals surface area contributed by atoms with E-state index in [0.717, 1.165) is 51.9 Å². The van der Waals surface area contributed by atoms with E-state index in [1.807, 2.05) is 12.1 Å². The lowest BCUT2D eigenvalue weighted by atomic mass is 9.69. The number of carboxylic acid groups (broad SMARTS) is 1. The zero-order valence-corrected chi connectivity index (χ0v) is 22.8. The van der Waals surface area contributed by atoms with Gasteiger partial charge in [0.1, 0.15) is 5.75 Å². The molecule has 1 aliphatic carbocycles. The summed E-state index contributed by atoms with van der Waals surface area (Å²) in [6.45, 7) is 4.12. The van der Waals surface area contributed by atoms with Gasteiger partial charge in [-0.15, -0.1) is 0 Å². The molecule has 39 heavy (non-hydrogen) atoms. The Labute approximate surface area is 232 Å². The summed E-state index contributed by atoms with van der Waals surface area (Å²) in [6.07, 6.45) is 7.87. The topological polar surface area (TPSA) is 64.0 Å². The molecule has 0 unspecified atom stereocenters. The number of piperidine rings is 1. The molecule has 0 bridgehead atoms. The molecule has 1 spiro atoms. The lowest BCUT2D eigenvalue weighted by Crippen LogP contribution is -2.41. The van der Waals surface area contributed by atoms with Crippen LogP contribution in [0.25, 0.3) is 0 Å². The largest absolute Gasteiger partial charge is 0.508 e. The van der Waals surface area contributed by atoms with Crippen LogP contribution in [0.4, 0.5) is 5.69 Å². The van der Waals surface area contributed by atoms with Crippen molar-refractivity contribution < 1.29 is 15.0 Å². The molecule has 0 aromatic heterocycles. The van der Waals surface area contributed by atoms with E-state index in [0.29, 0.717) is 17.1 Å². The van der Waals surface area contributed by atoms with Gasteiger partial charge in [0.15, 0.2) is 0 Å². The van der Waals surface area contributed by atoms with Crippen LogP contribution >= 0.6 is 0 Å². The number of anilines is 1. The van der Waals surface area contributed by atoms with Gasteiger partial charge in [-0.25, -0.2) is 0 Å². The molecule has 3 aromatic rings. The number of hydrogen-bond donors (Lipinski definition) is 2. The third-order valence-electron chi connectivity index (χ3n) is 9.76. The maximum atomic E-state index is 11.2. The quantitative estimate of drug-likeness (QED) is 0.404. The molecule has 204 valence electrons. The highest BCUT2D eigenvalue weighted by Crippen LogP contribution is 2.47. The van der Waals surface area contributed by atoms with E-state index in [1.165, 1.54) is 47.2 Å². The Morgan fingerprint density at radius 2 is 1.59 bits per heavy atom. The second-order valence-corrected chi connectivity index (χ2v) is 12.0. The Morgan fingerprint density at radius 3 is 2.33 bits per heavy atom. The minimum atomic E-state index is -0.714. The number of carboxylic acids is 1. The van der Waals surface area contributed by atoms with Gasteiger partial charge in [-0.1, -0.05) is 48.5 Å². The van der Waals surface area contributed by atoms with Crippen molar-refractivity contribution in [3.63, 3.8) is 0 Å². The summed E-state index contributed by atoms with van der Waals surface area (Å²) >= 11 is 0. The van der Waals surface area contributed by atoms with Crippen molar-refractivity contribution in [2.45, 2.75) is 56.8 Å². The first kappa shape index (κ1) is 25.9. The first-order valence-electron chi connectivity index (χ1n) is 14.7. The highest BCUT2D eigenvalue weighted by Gasteiger charge is 2.37.